The monoisotopic (exact) mass is 244 g/mol. The van der Waals surface area contributed by atoms with Crippen LogP contribution in [0.1, 0.15) is 33.3 Å². The molecule has 0 aromatic heterocycles. The molecule has 82 valence electrons. The molecular weight excluding hydrogens is 227 g/mol. The van der Waals surface area contributed by atoms with E-state index in [1.165, 1.54) is 0 Å². The summed E-state index contributed by atoms with van der Waals surface area (Å²) in [6.45, 7) is 7.46. The molecule has 0 aliphatic carbocycles. The van der Waals surface area contributed by atoms with Gasteiger partial charge in [-0.25, -0.2) is 0 Å². The van der Waals surface area contributed by atoms with Crippen LogP contribution in [0.25, 0.3) is 0 Å². The number of carbonyl (C=O) groups is 1. The van der Waals surface area contributed by atoms with Crippen molar-refractivity contribution >= 4 is 5.97 Å². The van der Waals surface area contributed by atoms with E-state index in [-0.39, 0.29) is 56.8 Å². The normalized spacial score (nSPS) is 14.8. The first kappa shape index (κ1) is 16.3. The van der Waals surface area contributed by atoms with Crippen LogP contribution in [0.15, 0.2) is 30.3 Å². The fourth-order valence-corrected chi connectivity index (χ4v) is 1.63. The van der Waals surface area contributed by atoms with Gasteiger partial charge in [0.25, 0.3) is 0 Å². The van der Waals surface area contributed by atoms with Crippen molar-refractivity contribution in [1.82, 2.24) is 0 Å². The molecular formula is C13H17KO2. The number of rotatable bonds is 2. The van der Waals surface area contributed by atoms with E-state index in [0.29, 0.717) is 0 Å². The SMILES string of the molecule is CC(C)(C)C(C)(C(=O)[O-])c1ccccc1.[K+]. The maximum Gasteiger partial charge on any atom is 1.00 e. The Bertz CT molecular complexity index is 354. The van der Waals surface area contributed by atoms with E-state index in [4.69, 9.17) is 0 Å². The van der Waals surface area contributed by atoms with Crippen molar-refractivity contribution in [3.05, 3.63) is 35.9 Å². The van der Waals surface area contributed by atoms with Crippen LogP contribution < -0.4 is 56.5 Å². The third-order valence-electron chi connectivity index (χ3n) is 3.26. The molecule has 16 heavy (non-hydrogen) atoms. The second kappa shape index (κ2) is 5.78. The summed E-state index contributed by atoms with van der Waals surface area (Å²) in [6, 6.07) is 9.24. The van der Waals surface area contributed by atoms with E-state index in [1.54, 1.807) is 6.92 Å². The topological polar surface area (TPSA) is 40.1 Å². The quantitative estimate of drug-likeness (QED) is 0.610. The van der Waals surface area contributed by atoms with Crippen molar-refractivity contribution < 1.29 is 61.3 Å². The molecule has 0 aliphatic heterocycles. The minimum Gasteiger partial charge on any atom is -0.549 e. The van der Waals surface area contributed by atoms with Gasteiger partial charge in [0.1, 0.15) is 0 Å². The standard InChI is InChI=1S/C13H18O2.K/c1-12(2,3)13(4,11(14)15)10-8-6-5-7-9-10;/h5-9H,1-4H3,(H,14,15);/q;+1/p-1. The predicted octanol–water partition coefficient (Wildman–Crippen LogP) is -1.26. The molecule has 0 saturated heterocycles. The summed E-state index contributed by atoms with van der Waals surface area (Å²) in [5, 5.41) is 11.4. The molecule has 0 N–H and O–H groups in total. The minimum absolute atomic E-state index is 0. The van der Waals surface area contributed by atoms with Crippen LogP contribution in [0.2, 0.25) is 0 Å². The van der Waals surface area contributed by atoms with Gasteiger partial charge in [-0.2, -0.15) is 0 Å². The van der Waals surface area contributed by atoms with Gasteiger partial charge in [-0.3, -0.25) is 0 Å². The maximum atomic E-state index is 11.4. The van der Waals surface area contributed by atoms with Crippen molar-refractivity contribution in [2.24, 2.45) is 5.41 Å². The molecule has 0 amide bonds. The van der Waals surface area contributed by atoms with Gasteiger partial charge in [0, 0.05) is 5.41 Å². The Morgan fingerprint density at radius 1 is 1.06 bits per heavy atom. The third kappa shape index (κ3) is 2.96. The second-order valence-electron chi connectivity index (χ2n) is 5.03. The summed E-state index contributed by atoms with van der Waals surface area (Å²) >= 11 is 0. The van der Waals surface area contributed by atoms with Crippen molar-refractivity contribution in [3.63, 3.8) is 0 Å². The molecule has 0 radical (unpaired) electrons. The van der Waals surface area contributed by atoms with Crippen LogP contribution in [-0.2, 0) is 10.2 Å². The van der Waals surface area contributed by atoms with Gasteiger partial charge in [0.05, 0.1) is 5.97 Å². The predicted molar refractivity (Wildman–Crippen MR) is 58.3 cm³/mol. The number of hydrogen-bond donors (Lipinski definition) is 0. The number of carboxylic acids is 1. The van der Waals surface area contributed by atoms with Gasteiger partial charge in [-0.1, -0.05) is 51.1 Å². The Kier molecular flexibility index (Phi) is 5.90. The number of benzene rings is 1. The molecule has 3 heteroatoms. The summed E-state index contributed by atoms with van der Waals surface area (Å²) in [7, 11) is 0. The van der Waals surface area contributed by atoms with E-state index < -0.39 is 11.4 Å². The molecule has 0 bridgehead atoms. The minimum atomic E-state index is -1.03. The Morgan fingerprint density at radius 2 is 1.50 bits per heavy atom. The van der Waals surface area contributed by atoms with Crippen LogP contribution >= 0.6 is 0 Å². The zero-order chi connectivity index (χ0) is 11.7. The van der Waals surface area contributed by atoms with Crippen molar-refractivity contribution in [1.29, 1.82) is 0 Å². The fraction of sp³-hybridized carbons (Fsp3) is 0.462. The fourth-order valence-electron chi connectivity index (χ4n) is 1.63. The molecule has 0 heterocycles. The Labute approximate surface area is 140 Å². The molecule has 2 nitrogen and oxygen atoms in total. The van der Waals surface area contributed by atoms with E-state index >= 15 is 0 Å². The van der Waals surface area contributed by atoms with E-state index in [1.807, 2.05) is 51.1 Å². The van der Waals surface area contributed by atoms with Crippen LogP contribution in [0, 0.1) is 5.41 Å². The van der Waals surface area contributed by atoms with Crippen molar-refractivity contribution in [2.45, 2.75) is 33.1 Å². The number of hydrogen-bond acceptors (Lipinski definition) is 2. The summed E-state index contributed by atoms with van der Waals surface area (Å²) in [6.07, 6.45) is 0. The van der Waals surface area contributed by atoms with Crippen LogP contribution in [0.3, 0.4) is 0 Å². The van der Waals surface area contributed by atoms with E-state index in [9.17, 15) is 9.90 Å². The maximum absolute atomic E-state index is 11.4. The Morgan fingerprint density at radius 3 is 1.81 bits per heavy atom. The molecule has 0 saturated carbocycles. The largest absolute Gasteiger partial charge is 1.00 e. The molecule has 1 aromatic rings. The zero-order valence-corrected chi connectivity index (χ0v) is 13.8. The first-order valence-corrected chi connectivity index (χ1v) is 5.07. The first-order valence-electron chi connectivity index (χ1n) is 5.07. The Balaban J connectivity index is 0.00000225. The van der Waals surface area contributed by atoms with Gasteiger partial charge in [-0.05, 0) is 17.9 Å². The summed E-state index contributed by atoms with van der Waals surface area (Å²) in [5.74, 6) is -1.03. The van der Waals surface area contributed by atoms with Crippen molar-refractivity contribution in [3.8, 4) is 0 Å². The summed E-state index contributed by atoms with van der Waals surface area (Å²) in [5.41, 5.74) is -0.556. The number of aliphatic carboxylic acids is 1. The number of carboxylic acid groups (broad SMARTS) is 1. The zero-order valence-electron chi connectivity index (χ0n) is 10.7. The van der Waals surface area contributed by atoms with Gasteiger partial charge >= 0.3 is 51.4 Å². The van der Waals surface area contributed by atoms with Crippen molar-refractivity contribution in [2.75, 3.05) is 0 Å². The van der Waals surface area contributed by atoms with Gasteiger partial charge in [-0.15, -0.1) is 0 Å². The van der Waals surface area contributed by atoms with Gasteiger partial charge in [0.2, 0.25) is 0 Å². The van der Waals surface area contributed by atoms with E-state index in [2.05, 4.69) is 0 Å². The molecule has 1 aromatic carbocycles. The Hall–Kier alpha value is 0.326. The molecule has 0 fully saturated rings. The summed E-state index contributed by atoms with van der Waals surface area (Å²) in [4.78, 5) is 11.4. The second-order valence-corrected chi connectivity index (χ2v) is 5.03. The van der Waals surface area contributed by atoms with Crippen LogP contribution in [0.4, 0.5) is 0 Å². The average Bonchev–Trinajstić information content (AvgIpc) is 2.16. The molecule has 0 spiro atoms. The molecule has 1 rings (SSSR count). The molecule has 0 aliphatic rings. The van der Waals surface area contributed by atoms with Gasteiger partial charge < -0.3 is 9.90 Å². The van der Waals surface area contributed by atoms with E-state index in [0.717, 1.165) is 5.56 Å². The van der Waals surface area contributed by atoms with Gasteiger partial charge in [0.15, 0.2) is 0 Å². The van der Waals surface area contributed by atoms with Crippen LogP contribution in [0.5, 0.6) is 0 Å². The molecule has 1 unspecified atom stereocenters. The number of carbonyl (C=O) groups excluding carboxylic acids is 1. The first-order chi connectivity index (χ1) is 6.80. The third-order valence-corrected chi connectivity index (χ3v) is 3.26. The van der Waals surface area contributed by atoms with Crippen LogP contribution in [-0.4, -0.2) is 5.97 Å². The molecule has 1 atom stereocenters. The smallest absolute Gasteiger partial charge is 0.549 e. The summed E-state index contributed by atoms with van der Waals surface area (Å²) < 4.78 is 0. The average molecular weight is 244 g/mol.